The van der Waals surface area contributed by atoms with E-state index in [9.17, 15) is 0 Å². The number of benzene rings is 3. The van der Waals surface area contributed by atoms with E-state index in [0.717, 1.165) is 32.4 Å². The summed E-state index contributed by atoms with van der Waals surface area (Å²) in [5, 5.41) is 3.25. The summed E-state index contributed by atoms with van der Waals surface area (Å²) in [4.78, 5) is 10.1. The highest BCUT2D eigenvalue weighted by Gasteiger charge is 2.18. The minimum absolute atomic E-state index is 0.759. The van der Waals surface area contributed by atoms with Crippen LogP contribution in [0.2, 0.25) is 5.02 Å². The van der Waals surface area contributed by atoms with Crippen LogP contribution in [0, 0.1) is 6.92 Å². The summed E-state index contributed by atoms with van der Waals surface area (Å²) in [5.74, 6) is 0.864. The van der Waals surface area contributed by atoms with Crippen LogP contribution in [-0.2, 0) is 0 Å². The van der Waals surface area contributed by atoms with Gasteiger partial charge in [0, 0.05) is 33.4 Å². The molecule has 5 aromatic rings. The van der Waals surface area contributed by atoms with E-state index in [1.165, 1.54) is 21.2 Å². The molecular weight excluding hydrogens is 384 g/mol. The third kappa shape index (κ3) is 2.93. The minimum atomic E-state index is 0.759. The van der Waals surface area contributed by atoms with Crippen LogP contribution < -0.4 is 0 Å². The lowest BCUT2D eigenvalue weighted by Crippen LogP contribution is -1.83. The van der Waals surface area contributed by atoms with Crippen LogP contribution in [0.5, 0.6) is 0 Å². The lowest BCUT2D eigenvalue weighted by atomic mass is 10.0. The molecule has 0 saturated carbocycles. The number of rotatable bonds is 3. The van der Waals surface area contributed by atoms with Crippen molar-refractivity contribution in [3.05, 3.63) is 89.7 Å². The fraction of sp³-hybridized carbons (Fsp3) is 0.0417. The van der Waals surface area contributed by atoms with Gasteiger partial charge in [-0.25, -0.2) is 4.98 Å². The Bertz CT molecular complexity index is 1280. The third-order valence-electron chi connectivity index (χ3n) is 4.92. The smallest absolute Gasteiger partial charge is 0.148 e. The zero-order valence-electron chi connectivity index (χ0n) is 15.2. The number of fused-ring (bicyclic) bond motifs is 1. The van der Waals surface area contributed by atoms with Crippen LogP contribution in [0.3, 0.4) is 0 Å². The summed E-state index contributed by atoms with van der Waals surface area (Å²) >= 11 is 8.36. The molecule has 2 aromatic heterocycles. The third-order valence-corrected chi connectivity index (χ3v) is 6.40. The van der Waals surface area contributed by atoms with Crippen molar-refractivity contribution >= 4 is 33.7 Å². The van der Waals surface area contributed by atoms with Crippen molar-refractivity contribution in [3.8, 4) is 32.3 Å². The average Bonchev–Trinajstić information content (AvgIpc) is 3.37. The normalized spacial score (nSPS) is 11.2. The Balaban J connectivity index is 1.77. The van der Waals surface area contributed by atoms with Gasteiger partial charge in [-0.3, -0.25) is 0 Å². The van der Waals surface area contributed by atoms with Crippen molar-refractivity contribution in [2.24, 2.45) is 0 Å². The Morgan fingerprint density at radius 3 is 2.57 bits per heavy atom. The van der Waals surface area contributed by atoms with Gasteiger partial charge in [0.2, 0.25) is 0 Å². The van der Waals surface area contributed by atoms with Crippen LogP contribution in [0.1, 0.15) is 5.56 Å². The lowest BCUT2D eigenvalue weighted by Gasteiger charge is -2.06. The number of H-pyrrole nitrogens is 1. The van der Waals surface area contributed by atoms with E-state index in [2.05, 4.69) is 77.6 Å². The van der Waals surface area contributed by atoms with Gasteiger partial charge in [0.15, 0.2) is 0 Å². The predicted molar refractivity (Wildman–Crippen MR) is 120 cm³/mol. The largest absolute Gasteiger partial charge is 0.344 e. The molecule has 5 rings (SSSR count). The maximum atomic E-state index is 6.62. The second-order valence-electron chi connectivity index (χ2n) is 6.80. The SMILES string of the molecule is Cc1ccc(-c2cc(-c3cccc4ccccc34)sc2-c2ncc[nH]2)c(Cl)c1. The molecule has 0 aliphatic heterocycles. The number of hydrogen-bond donors (Lipinski definition) is 1. The minimum Gasteiger partial charge on any atom is -0.344 e. The van der Waals surface area contributed by atoms with E-state index >= 15 is 0 Å². The number of nitrogens with zero attached hydrogens (tertiary/aromatic N) is 1. The first-order chi connectivity index (χ1) is 13.7. The van der Waals surface area contributed by atoms with Crippen molar-refractivity contribution in [2.45, 2.75) is 6.92 Å². The Morgan fingerprint density at radius 1 is 0.893 bits per heavy atom. The molecule has 0 saturated heterocycles. The number of nitrogens with one attached hydrogen (secondary N) is 1. The molecule has 0 aliphatic rings. The Hall–Kier alpha value is -2.88. The number of aromatic amines is 1. The Labute approximate surface area is 172 Å². The average molecular weight is 401 g/mol. The van der Waals surface area contributed by atoms with Gasteiger partial charge in [-0.05, 0) is 41.0 Å². The van der Waals surface area contributed by atoms with E-state index in [0.29, 0.717) is 0 Å². The summed E-state index contributed by atoms with van der Waals surface area (Å²) in [6.07, 6.45) is 3.64. The molecule has 136 valence electrons. The molecule has 0 unspecified atom stereocenters. The highest BCUT2D eigenvalue weighted by Crippen LogP contribution is 2.45. The van der Waals surface area contributed by atoms with E-state index in [4.69, 9.17) is 11.6 Å². The summed E-state index contributed by atoms with van der Waals surface area (Å²) in [5.41, 5.74) is 4.51. The monoisotopic (exact) mass is 400 g/mol. The summed E-state index contributed by atoms with van der Waals surface area (Å²) < 4.78 is 0. The van der Waals surface area contributed by atoms with Crippen LogP contribution >= 0.6 is 22.9 Å². The number of hydrogen-bond acceptors (Lipinski definition) is 2. The quantitative estimate of drug-likeness (QED) is 0.332. The molecule has 0 aliphatic carbocycles. The Morgan fingerprint density at radius 2 is 1.75 bits per heavy atom. The van der Waals surface area contributed by atoms with Crippen LogP contribution in [0.25, 0.3) is 43.0 Å². The van der Waals surface area contributed by atoms with E-state index in [-0.39, 0.29) is 0 Å². The molecular formula is C24H17ClN2S. The molecule has 0 amide bonds. The van der Waals surface area contributed by atoms with Crippen molar-refractivity contribution in [1.29, 1.82) is 0 Å². The summed E-state index contributed by atoms with van der Waals surface area (Å²) in [6.45, 7) is 2.05. The molecule has 0 atom stereocenters. The molecule has 28 heavy (non-hydrogen) atoms. The predicted octanol–water partition coefficient (Wildman–Crippen LogP) is 7.59. The zero-order valence-corrected chi connectivity index (χ0v) is 16.8. The standard InChI is InChI=1S/C24H17ClN2S/c1-15-9-10-18(21(25)13-15)20-14-22(28-23(20)24-26-11-12-27-24)19-8-4-6-16-5-2-3-7-17(16)19/h2-14H,1H3,(H,26,27). The molecule has 0 radical (unpaired) electrons. The number of halogens is 1. The molecule has 0 fully saturated rings. The number of aromatic nitrogens is 2. The summed E-state index contributed by atoms with van der Waals surface area (Å²) in [7, 11) is 0. The van der Waals surface area contributed by atoms with Gasteiger partial charge in [-0.1, -0.05) is 66.2 Å². The van der Waals surface area contributed by atoms with Crippen LogP contribution in [-0.4, -0.2) is 9.97 Å². The Kier molecular flexibility index (Phi) is 4.27. The second kappa shape index (κ2) is 6.93. The van der Waals surface area contributed by atoms with Crippen LogP contribution in [0.4, 0.5) is 0 Å². The first-order valence-corrected chi connectivity index (χ1v) is 10.3. The van der Waals surface area contributed by atoms with Crippen LogP contribution in [0.15, 0.2) is 79.1 Å². The van der Waals surface area contributed by atoms with Gasteiger partial charge in [0.05, 0.1) is 4.88 Å². The highest BCUT2D eigenvalue weighted by atomic mass is 35.5. The summed E-state index contributed by atoms with van der Waals surface area (Å²) in [6, 6.07) is 23.4. The van der Waals surface area contributed by atoms with Gasteiger partial charge >= 0.3 is 0 Å². The zero-order chi connectivity index (χ0) is 19.1. The molecule has 0 bridgehead atoms. The first-order valence-electron chi connectivity index (χ1n) is 9.09. The van der Waals surface area contributed by atoms with Gasteiger partial charge < -0.3 is 4.98 Å². The van der Waals surface area contributed by atoms with Crippen molar-refractivity contribution in [2.75, 3.05) is 0 Å². The molecule has 1 N–H and O–H groups in total. The maximum absolute atomic E-state index is 6.62. The lowest BCUT2D eigenvalue weighted by molar-refractivity contribution is 1.33. The van der Waals surface area contributed by atoms with Crippen molar-refractivity contribution in [1.82, 2.24) is 9.97 Å². The highest BCUT2D eigenvalue weighted by molar-refractivity contribution is 7.19. The topological polar surface area (TPSA) is 28.7 Å². The van der Waals surface area contributed by atoms with Gasteiger partial charge in [0.25, 0.3) is 0 Å². The fourth-order valence-corrected chi connectivity index (χ4v) is 5.08. The molecule has 3 aromatic carbocycles. The molecule has 4 heteroatoms. The van der Waals surface area contributed by atoms with Gasteiger partial charge in [-0.15, -0.1) is 11.3 Å². The van der Waals surface area contributed by atoms with Gasteiger partial charge in [0.1, 0.15) is 5.82 Å². The van der Waals surface area contributed by atoms with E-state index in [1.807, 2.05) is 12.3 Å². The number of imidazole rings is 1. The van der Waals surface area contributed by atoms with E-state index < -0.39 is 0 Å². The molecule has 2 nitrogen and oxygen atoms in total. The van der Waals surface area contributed by atoms with Gasteiger partial charge in [-0.2, -0.15) is 0 Å². The molecule has 2 heterocycles. The number of thiophene rings is 1. The second-order valence-corrected chi connectivity index (χ2v) is 8.26. The first kappa shape index (κ1) is 17.2. The molecule has 0 spiro atoms. The van der Waals surface area contributed by atoms with Crippen molar-refractivity contribution < 1.29 is 0 Å². The van der Waals surface area contributed by atoms with Crippen molar-refractivity contribution in [3.63, 3.8) is 0 Å². The fourth-order valence-electron chi connectivity index (χ4n) is 3.57. The maximum Gasteiger partial charge on any atom is 0.148 e. The number of aryl methyl sites for hydroxylation is 1. The van der Waals surface area contributed by atoms with E-state index in [1.54, 1.807) is 17.5 Å².